The highest BCUT2D eigenvalue weighted by Gasteiger charge is 2.26. The molecule has 102 valence electrons. The van der Waals surface area contributed by atoms with Crippen molar-refractivity contribution in [3.63, 3.8) is 0 Å². The number of nitrogens with one attached hydrogen (secondary N) is 1. The van der Waals surface area contributed by atoms with Gasteiger partial charge in [0.15, 0.2) is 0 Å². The Kier molecular flexibility index (Phi) is 5.60. The van der Waals surface area contributed by atoms with Crippen molar-refractivity contribution in [3.8, 4) is 0 Å². The highest BCUT2D eigenvalue weighted by molar-refractivity contribution is 9.11. The van der Waals surface area contributed by atoms with Crippen molar-refractivity contribution in [2.45, 2.75) is 30.0 Å². The summed E-state index contributed by atoms with van der Waals surface area (Å²) in [6.07, 6.45) is 0.795. The summed E-state index contributed by atoms with van der Waals surface area (Å²) in [7, 11) is -3.86. The largest absolute Gasteiger partial charge is 0.480 e. The summed E-state index contributed by atoms with van der Waals surface area (Å²) < 4.78 is 26.5. The molecule has 1 atom stereocenters. The standard InChI is InChI=1S/C9H11BrClNO4S2/c1-2-3-6(9(13)14)12-18(15,16)7-4-5(11)8(10)17-7/h4,6,12H,2-3H2,1H3,(H,13,14)/t6-/m0/s1. The van der Waals surface area contributed by atoms with Crippen LogP contribution in [0, 0.1) is 0 Å². The minimum absolute atomic E-state index is 0.0123. The molecule has 0 radical (unpaired) electrons. The number of thiophene rings is 1. The van der Waals surface area contributed by atoms with Crippen LogP contribution in [0.25, 0.3) is 0 Å². The molecule has 1 aromatic heterocycles. The van der Waals surface area contributed by atoms with Gasteiger partial charge in [0.25, 0.3) is 10.0 Å². The number of carboxylic acids is 1. The molecule has 1 rings (SSSR count). The van der Waals surface area contributed by atoms with Crippen molar-refractivity contribution in [2.24, 2.45) is 0 Å². The molecule has 0 fully saturated rings. The normalized spacial score (nSPS) is 13.5. The van der Waals surface area contributed by atoms with Crippen LogP contribution >= 0.6 is 38.9 Å². The van der Waals surface area contributed by atoms with Crippen molar-refractivity contribution < 1.29 is 18.3 Å². The second kappa shape index (κ2) is 6.33. The van der Waals surface area contributed by atoms with Crippen LogP contribution in [0.15, 0.2) is 14.1 Å². The molecular weight excluding hydrogens is 366 g/mol. The minimum atomic E-state index is -3.86. The Morgan fingerprint density at radius 2 is 2.28 bits per heavy atom. The number of rotatable bonds is 6. The Labute approximate surface area is 122 Å². The second-order valence-electron chi connectivity index (χ2n) is 3.49. The van der Waals surface area contributed by atoms with E-state index in [1.54, 1.807) is 6.92 Å². The third-order valence-corrected chi connectivity index (χ3v) is 6.48. The number of aliphatic carboxylic acids is 1. The maximum atomic E-state index is 11.9. The number of sulfonamides is 1. The maximum Gasteiger partial charge on any atom is 0.321 e. The smallest absolute Gasteiger partial charge is 0.321 e. The van der Waals surface area contributed by atoms with Gasteiger partial charge in [0, 0.05) is 0 Å². The van der Waals surface area contributed by atoms with E-state index in [2.05, 4.69) is 20.7 Å². The van der Waals surface area contributed by atoms with E-state index in [4.69, 9.17) is 16.7 Å². The molecular formula is C9H11BrClNO4S2. The van der Waals surface area contributed by atoms with E-state index >= 15 is 0 Å². The van der Waals surface area contributed by atoms with Crippen molar-refractivity contribution in [1.82, 2.24) is 4.72 Å². The zero-order chi connectivity index (χ0) is 13.9. The zero-order valence-electron chi connectivity index (χ0n) is 9.31. The highest BCUT2D eigenvalue weighted by atomic mass is 79.9. The van der Waals surface area contributed by atoms with Crippen LogP contribution in [-0.2, 0) is 14.8 Å². The number of halogens is 2. The van der Waals surface area contributed by atoms with E-state index in [9.17, 15) is 13.2 Å². The average Bonchev–Trinajstić information content (AvgIpc) is 2.59. The Morgan fingerprint density at radius 1 is 1.67 bits per heavy atom. The first-order valence-electron chi connectivity index (χ1n) is 4.98. The van der Waals surface area contributed by atoms with E-state index in [0.717, 1.165) is 11.3 Å². The molecule has 0 spiro atoms. The maximum absolute atomic E-state index is 11.9. The van der Waals surface area contributed by atoms with Gasteiger partial charge in [-0.25, -0.2) is 8.42 Å². The number of carbonyl (C=O) groups is 1. The Hall–Kier alpha value is -0.150. The van der Waals surface area contributed by atoms with Crippen LogP contribution in [0.4, 0.5) is 0 Å². The van der Waals surface area contributed by atoms with E-state index < -0.39 is 22.0 Å². The van der Waals surface area contributed by atoms with Gasteiger partial charge in [-0.05, 0) is 28.4 Å². The molecule has 0 unspecified atom stereocenters. The zero-order valence-corrected chi connectivity index (χ0v) is 13.3. The van der Waals surface area contributed by atoms with Gasteiger partial charge in [-0.3, -0.25) is 4.79 Å². The summed E-state index contributed by atoms with van der Waals surface area (Å²) in [5.41, 5.74) is 0. The topological polar surface area (TPSA) is 83.5 Å². The molecule has 0 aliphatic carbocycles. The highest BCUT2D eigenvalue weighted by Crippen LogP contribution is 2.34. The van der Waals surface area contributed by atoms with Gasteiger partial charge in [-0.15, -0.1) is 11.3 Å². The van der Waals surface area contributed by atoms with Gasteiger partial charge in [-0.2, -0.15) is 4.72 Å². The van der Waals surface area contributed by atoms with Gasteiger partial charge in [-0.1, -0.05) is 24.9 Å². The summed E-state index contributed by atoms with van der Waals surface area (Å²) >= 11 is 9.80. The van der Waals surface area contributed by atoms with Crippen molar-refractivity contribution in [1.29, 1.82) is 0 Å². The fourth-order valence-corrected chi connectivity index (χ4v) is 4.86. The molecule has 0 amide bonds. The molecule has 18 heavy (non-hydrogen) atoms. The summed E-state index contributed by atoms with van der Waals surface area (Å²) in [5, 5.41) is 9.20. The predicted octanol–water partition coefficient (Wildman–Crippen LogP) is 2.70. The van der Waals surface area contributed by atoms with E-state index in [1.807, 2.05) is 0 Å². The monoisotopic (exact) mass is 375 g/mol. The Balaban J connectivity index is 2.96. The first-order valence-corrected chi connectivity index (χ1v) is 8.45. The molecule has 0 aromatic carbocycles. The van der Waals surface area contributed by atoms with Crippen LogP contribution < -0.4 is 4.72 Å². The SMILES string of the molecule is CCC[C@H](NS(=O)(=O)c1cc(Cl)c(Br)s1)C(=O)O. The average molecular weight is 377 g/mol. The fourth-order valence-electron chi connectivity index (χ4n) is 1.23. The van der Waals surface area contributed by atoms with Crippen molar-refractivity contribution in [3.05, 3.63) is 14.9 Å². The molecule has 5 nitrogen and oxygen atoms in total. The van der Waals surface area contributed by atoms with E-state index in [-0.39, 0.29) is 15.7 Å². The van der Waals surface area contributed by atoms with Crippen LogP contribution in [0.3, 0.4) is 0 Å². The quantitative estimate of drug-likeness (QED) is 0.799. The molecule has 0 aliphatic rings. The molecule has 1 aromatic rings. The molecule has 1 heterocycles. The van der Waals surface area contributed by atoms with Gasteiger partial charge in [0.1, 0.15) is 10.3 Å². The van der Waals surface area contributed by atoms with Gasteiger partial charge in [0.05, 0.1) is 8.81 Å². The lowest BCUT2D eigenvalue weighted by Gasteiger charge is -2.12. The lowest BCUT2D eigenvalue weighted by Crippen LogP contribution is -2.40. The molecule has 2 N–H and O–H groups in total. The molecule has 9 heteroatoms. The third-order valence-electron chi connectivity index (χ3n) is 2.06. The summed E-state index contributed by atoms with van der Waals surface area (Å²) in [5.74, 6) is -1.19. The van der Waals surface area contributed by atoms with Gasteiger partial charge < -0.3 is 5.11 Å². The lowest BCUT2D eigenvalue weighted by molar-refractivity contribution is -0.139. The molecule has 0 bridgehead atoms. The molecule has 0 saturated carbocycles. The van der Waals surface area contributed by atoms with Gasteiger partial charge in [0.2, 0.25) is 0 Å². The van der Waals surface area contributed by atoms with Gasteiger partial charge >= 0.3 is 5.97 Å². The van der Waals surface area contributed by atoms with Crippen molar-refractivity contribution >= 4 is 54.9 Å². The van der Waals surface area contributed by atoms with E-state index in [0.29, 0.717) is 10.2 Å². The predicted molar refractivity (Wildman–Crippen MR) is 73.7 cm³/mol. The summed E-state index contributed by atoms with van der Waals surface area (Å²) in [6, 6.07) is 0.156. The molecule has 0 aliphatic heterocycles. The van der Waals surface area contributed by atoms with Crippen LogP contribution in [0.5, 0.6) is 0 Å². The number of hydrogen-bond acceptors (Lipinski definition) is 4. The fraction of sp³-hybridized carbons (Fsp3) is 0.444. The Morgan fingerprint density at radius 3 is 2.67 bits per heavy atom. The first-order chi connectivity index (χ1) is 8.27. The summed E-state index contributed by atoms with van der Waals surface area (Å²) in [6.45, 7) is 1.78. The second-order valence-corrected chi connectivity index (χ2v) is 8.21. The molecule has 0 saturated heterocycles. The lowest BCUT2D eigenvalue weighted by atomic mass is 10.2. The van der Waals surface area contributed by atoms with Crippen molar-refractivity contribution in [2.75, 3.05) is 0 Å². The van der Waals surface area contributed by atoms with Crippen LogP contribution in [0.2, 0.25) is 5.02 Å². The number of carboxylic acid groups (broad SMARTS) is 1. The minimum Gasteiger partial charge on any atom is -0.480 e. The van der Waals surface area contributed by atoms with Crippen LogP contribution in [-0.4, -0.2) is 25.5 Å². The number of hydrogen-bond donors (Lipinski definition) is 2. The van der Waals surface area contributed by atoms with E-state index in [1.165, 1.54) is 6.07 Å². The third kappa shape index (κ3) is 3.92. The summed E-state index contributed by atoms with van der Waals surface area (Å²) in [4.78, 5) is 10.9. The Bertz CT molecular complexity index is 523. The first kappa shape index (κ1) is 15.9. The van der Waals surface area contributed by atoms with Crippen LogP contribution in [0.1, 0.15) is 19.8 Å².